The molecule has 4 nitrogen and oxygen atoms in total. The zero-order valence-electron chi connectivity index (χ0n) is 17.4. The first-order valence-corrected chi connectivity index (χ1v) is 11.4. The van der Waals surface area contributed by atoms with Crippen LogP contribution in [0.1, 0.15) is 65.7 Å². The Kier molecular flexibility index (Phi) is 5.42. The Morgan fingerprint density at radius 3 is 2.63 bits per heavy atom. The Balaban J connectivity index is 1.63. The summed E-state index contributed by atoms with van der Waals surface area (Å²) >= 11 is 0. The molecule has 1 heterocycles. The number of aliphatic hydroxyl groups is 3. The van der Waals surface area contributed by atoms with Gasteiger partial charge in [-0.2, -0.15) is 0 Å². The van der Waals surface area contributed by atoms with Crippen molar-refractivity contribution in [2.45, 2.75) is 77.9 Å². The van der Waals surface area contributed by atoms with Crippen LogP contribution in [0.4, 0.5) is 0 Å². The van der Waals surface area contributed by atoms with Crippen LogP contribution >= 0.6 is 0 Å². The van der Waals surface area contributed by atoms with Crippen LogP contribution in [0, 0.1) is 46.3 Å². The van der Waals surface area contributed by atoms with Crippen molar-refractivity contribution in [2.24, 2.45) is 46.3 Å². The van der Waals surface area contributed by atoms with Crippen molar-refractivity contribution >= 4 is 0 Å². The fourth-order valence-corrected chi connectivity index (χ4v) is 8.23. The van der Waals surface area contributed by atoms with Gasteiger partial charge in [-0.1, -0.05) is 20.8 Å². The first kappa shape index (κ1) is 20.1. The molecule has 0 radical (unpaired) electrons. The SMILES string of the molecule is C[C@H](CCCO)[C@H]1CC[C@H]2[C@@H]3[C@H](O)C[C@@H]4COCC[C@]4(C)[C@H]3C[C@H](O)[C@]12C. The summed E-state index contributed by atoms with van der Waals surface area (Å²) in [6, 6.07) is 0. The summed E-state index contributed by atoms with van der Waals surface area (Å²) in [5.74, 6) is 2.61. The van der Waals surface area contributed by atoms with E-state index in [0.29, 0.717) is 35.5 Å². The molecule has 3 N–H and O–H groups in total. The van der Waals surface area contributed by atoms with Crippen molar-refractivity contribution < 1.29 is 20.1 Å². The topological polar surface area (TPSA) is 69.9 Å². The predicted octanol–water partition coefficient (Wildman–Crippen LogP) is 3.23. The van der Waals surface area contributed by atoms with Crippen LogP contribution < -0.4 is 0 Å². The van der Waals surface area contributed by atoms with Gasteiger partial charge >= 0.3 is 0 Å². The molecular weight excluding hydrogens is 340 g/mol. The maximum atomic E-state index is 11.5. The van der Waals surface area contributed by atoms with Crippen LogP contribution in [0.25, 0.3) is 0 Å². The van der Waals surface area contributed by atoms with Gasteiger partial charge in [-0.3, -0.25) is 0 Å². The zero-order chi connectivity index (χ0) is 19.4. The molecule has 0 amide bonds. The number of fused-ring (bicyclic) bond motifs is 5. The first-order valence-electron chi connectivity index (χ1n) is 11.4. The number of aliphatic hydroxyl groups excluding tert-OH is 3. The third kappa shape index (κ3) is 2.93. The van der Waals surface area contributed by atoms with E-state index in [4.69, 9.17) is 4.74 Å². The molecular formula is C23H40O4. The molecule has 0 aromatic carbocycles. The van der Waals surface area contributed by atoms with Gasteiger partial charge < -0.3 is 20.1 Å². The summed E-state index contributed by atoms with van der Waals surface area (Å²) in [5.41, 5.74) is 0.108. The molecule has 4 rings (SSSR count). The Labute approximate surface area is 164 Å². The monoisotopic (exact) mass is 380 g/mol. The van der Waals surface area contributed by atoms with Crippen molar-refractivity contribution in [1.82, 2.24) is 0 Å². The second-order valence-corrected chi connectivity index (χ2v) is 10.8. The van der Waals surface area contributed by atoms with Gasteiger partial charge in [-0.25, -0.2) is 0 Å². The minimum Gasteiger partial charge on any atom is -0.396 e. The lowest BCUT2D eigenvalue weighted by atomic mass is 9.44. The summed E-state index contributed by atoms with van der Waals surface area (Å²) in [6.45, 7) is 8.89. The molecule has 1 aliphatic heterocycles. The average molecular weight is 381 g/mol. The van der Waals surface area contributed by atoms with Crippen molar-refractivity contribution in [3.05, 3.63) is 0 Å². The molecule has 0 unspecified atom stereocenters. The minimum absolute atomic E-state index is 0.0919. The van der Waals surface area contributed by atoms with Gasteiger partial charge in [-0.15, -0.1) is 0 Å². The maximum Gasteiger partial charge on any atom is 0.0602 e. The lowest BCUT2D eigenvalue weighted by Crippen LogP contribution is -2.62. The highest BCUT2D eigenvalue weighted by Crippen LogP contribution is 2.67. The largest absolute Gasteiger partial charge is 0.396 e. The van der Waals surface area contributed by atoms with Gasteiger partial charge in [0.15, 0.2) is 0 Å². The molecule has 3 saturated carbocycles. The van der Waals surface area contributed by atoms with Gasteiger partial charge in [0.05, 0.1) is 18.8 Å². The third-order valence-electron chi connectivity index (χ3n) is 9.87. The van der Waals surface area contributed by atoms with Crippen LogP contribution in [0.3, 0.4) is 0 Å². The fraction of sp³-hybridized carbons (Fsp3) is 1.00. The molecule has 0 aromatic heterocycles. The summed E-state index contributed by atoms with van der Waals surface area (Å²) in [7, 11) is 0. The highest BCUT2D eigenvalue weighted by molar-refractivity contribution is 5.13. The van der Waals surface area contributed by atoms with Crippen LogP contribution in [0.15, 0.2) is 0 Å². The number of hydrogen-bond donors (Lipinski definition) is 3. The lowest BCUT2D eigenvalue weighted by Gasteiger charge is -2.63. The van der Waals surface area contributed by atoms with E-state index in [-0.39, 0.29) is 29.6 Å². The molecule has 27 heavy (non-hydrogen) atoms. The standard InChI is InChI=1S/C23H40O4/c1-14(5-4-9-24)16-6-7-17-21-18(12-20(26)23(16,17)3)22(2)8-10-27-13-15(22)11-19(21)25/h14-21,24-26H,4-13H2,1-3H3/t14-,15-,16-,17+,18+,19-,20+,21+,22+,23-/m1/s1. The van der Waals surface area contributed by atoms with E-state index < -0.39 is 0 Å². The van der Waals surface area contributed by atoms with Crippen molar-refractivity contribution in [1.29, 1.82) is 0 Å². The number of rotatable bonds is 4. The Hall–Kier alpha value is -0.160. The summed E-state index contributed by atoms with van der Waals surface area (Å²) in [4.78, 5) is 0. The second kappa shape index (κ2) is 7.27. The van der Waals surface area contributed by atoms with Gasteiger partial charge in [0, 0.05) is 13.2 Å². The molecule has 4 fully saturated rings. The summed E-state index contributed by atoms with van der Waals surface area (Å²) in [6.07, 6.45) is 6.42. The van der Waals surface area contributed by atoms with Gasteiger partial charge in [-0.05, 0) is 91.3 Å². The average Bonchev–Trinajstić information content (AvgIpc) is 3.00. The number of ether oxygens (including phenoxy) is 1. The summed E-state index contributed by atoms with van der Waals surface area (Å²) in [5, 5.41) is 31.9. The van der Waals surface area contributed by atoms with E-state index in [2.05, 4.69) is 20.8 Å². The molecule has 4 heteroatoms. The Morgan fingerprint density at radius 2 is 1.89 bits per heavy atom. The van der Waals surface area contributed by atoms with E-state index in [0.717, 1.165) is 58.2 Å². The van der Waals surface area contributed by atoms with Crippen LogP contribution in [0.2, 0.25) is 0 Å². The first-order chi connectivity index (χ1) is 12.8. The molecule has 0 bridgehead atoms. The summed E-state index contributed by atoms with van der Waals surface area (Å²) < 4.78 is 5.76. The molecule has 0 spiro atoms. The second-order valence-electron chi connectivity index (χ2n) is 10.8. The quantitative estimate of drug-likeness (QED) is 0.700. The van der Waals surface area contributed by atoms with Crippen LogP contribution in [-0.4, -0.2) is 47.3 Å². The predicted molar refractivity (Wildman–Crippen MR) is 105 cm³/mol. The Morgan fingerprint density at radius 1 is 1.11 bits per heavy atom. The molecule has 10 atom stereocenters. The van der Waals surface area contributed by atoms with E-state index in [1.807, 2.05) is 0 Å². The van der Waals surface area contributed by atoms with E-state index in [9.17, 15) is 15.3 Å². The Bertz CT molecular complexity index is 538. The van der Waals surface area contributed by atoms with Crippen molar-refractivity contribution in [3.63, 3.8) is 0 Å². The van der Waals surface area contributed by atoms with Crippen LogP contribution in [-0.2, 0) is 4.74 Å². The number of hydrogen-bond acceptors (Lipinski definition) is 4. The lowest BCUT2D eigenvalue weighted by molar-refractivity contribution is -0.216. The highest BCUT2D eigenvalue weighted by atomic mass is 16.5. The van der Waals surface area contributed by atoms with Crippen LogP contribution in [0.5, 0.6) is 0 Å². The normalized spacial score (nSPS) is 53.3. The minimum atomic E-state index is -0.279. The van der Waals surface area contributed by atoms with Gasteiger partial charge in [0.2, 0.25) is 0 Å². The third-order valence-corrected chi connectivity index (χ3v) is 9.87. The molecule has 4 aliphatic rings. The molecule has 3 aliphatic carbocycles. The van der Waals surface area contributed by atoms with Crippen molar-refractivity contribution in [2.75, 3.05) is 19.8 Å². The zero-order valence-corrected chi connectivity index (χ0v) is 17.4. The maximum absolute atomic E-state index is 11.5. The highest BCUT2D eigenvalue weighted by Gasteiger charge is 2.65. The van der Waals surface area contributed by atoms with Gasteiger partial charge in [0.25, 0.3) is 0 Å². The van der Waals surface area contributed by atoms with Crippen molar-refractivity contribution in [3.8, 4) is 0 Å². The fourth-order valence-electron chi connectivity index (χ4n) is 8.23. The molecule has 156 valence electrons. The smallest absolute Gasteiger partial charge is 0.0602 e. The molecule has 1 saturated heterocycles. The van der Waals surface area contributed by atoms with Gasteiger partial charge in [0.1, 0.15) is 0 Å². The van der Waals surface area contributed by atoms with E-state index in [1.165, 1.54) is 0 Å². The van der Waals surface area contributed by atoms with E-state index >= 15 is 0 Å². The molecule has 0 aromatic rings. The van der Waals surface area contributed by atoms with E-state index in [1.54, 1.807) is 0 Å².